The second-order valence-electron chi connectivity index (χ2n) is 6.22. The molecule has 2 aromatic carbocycles. The van der Waals surface area contributed by atoms with Crippen molar-refractivity contribution in [2.75, 3.05) is 33.2 Å². The van der Waals surface area contributed by atoms with Crippen molar-refractivity contribution in [3.63, 3.8) is 0 Å². The zero-order chi connectivity index (χ0) is 16.4. The number of para-hydroxylation sites is 1. The van der Waals surface area contributed by atoms with Gasteiger partial charge in [-0.3, -0.25) is 5.01 Å². The third kappa shape index (κ3) is 3.05. The minimum Gasteiger partial charge on any atom is -0.456 e. The molecule has 2 heterocycles. The summed E-state index contributed by atoms with van der Waals surface area (Å²) in [6.07, 6.45) is 0. The normalized spacial score (nSPS) is 16.7. The van der Waals surface area contributed by atoms with Gasteiger partial charge in [-0.15, -0.1) is 0 Å². The van der Waals surface area contributed by atoms with Gasteiger partial charge in [-0.2, -0.15) is 5.10 Å². The van der Waals surface area contributed by atoms with Gasteiger partial charge in [0.15, 0.2) is 0 Å². The fourth-order valence-electron chi connectivity index (χ4n) is 2.99. The first-order chi connectivity index (χ1) is 11.8. The molecule has 0 spiro atoms. The fraction of sp³-hybridized carbons (Fsp3) is 0.250. The highest BCUT2D eigenvalue weighted by Crippen LogP contribution is 2.21. The number of hydrogen-bond donors (Lipinski definition) is 0. The second kappa shape index (κ2) is 6.49. The molecule has 1 aliphatic rings. The number of nitrogens with zero attached hydrogens (tertiary/aromatic N) is 3. The molecule has 1 saturated heterocycles. The Labute approximate surface area is 141 Å². The molecule has 24 heavy (non-hydrogen) atoms. The second-order valence-corrected chi connectivity index (χ2v) is 6.22. The summed E-state index contributed by atoms with van der Waals surface area (Å²) in [5.74, 6) is 0.849. The van der Waals surface area contributed by atoms with Crippen LogP contribution in [0.15, 0.2) is 70.2 Å². The van der Waals surface area contributed by atoms with E-state index in [1.54, 1.807) is 0 Å². The standard InChI is InChI=1S/C20H21N3O/c1-22-11-13-23(14-12-22)21-18-15-20(16-7-3-2-4-8-16)24-19-10-6-5-9-17(18)19/h2-10,15H,11-14H2,1H3/b21-18-. The van der Waals surface area contributed by atoms with Crippen LogP contribution in [0, 0.1) is 0 Å². The summed E-state index contributed by atoms with van der Waals surface area (Å²) in [6.45, 7) is 4.00. The monoisotopic (exact) mass is 319 g/mol. The van der Waals surface area contributed by atoms with Crippen LogP contribution in [0.1, 0.15) is 0 Å². The smallest absolute Gasteiger partial charge is 0.136 e. The summed E-state index contributed by atoms with van der Waals surface area (Å²) in [6, 6.07) is 20.3. The van der Waals surface area contributed by atoms with Gasteiger partial charge in [-0.05, 0) is 19.2 Å². The maximum Gasteiger partial charge on any atom is 0.136 e. The molecular formula is C20H21N3O. The molecule has 0 atom stereocenters. The first kappa shape index (κ1) is 15.0. The minimum absolute atomic E-state index is 0.849. The molecule has 1 aliphatic heterocycles. The molecule has 3 aromatic rings. The topological polar surface area (TPSA) is 32.0 Å². The summed E-state index contributed by atoms with van der Waals surface area (Å²) in [4.78, 5) is 2.33. The summed E-state index contributed by atoms with van der Waals surface area (Å²) in [5, 5.41) is 9.10. The van der Waals surface area contributed by atoms with Crippen molar-refractivity contribution in [2.24, 2.45) is 5.10 Å². The van der Waals surface area contributed by atoms with Gasteiger partial charge in [-0.25, -0.2) is 0 Å². The van der Waals surface area contributed by atoms with Gasteiger partial charge in [0, 0.05) is 43.2 Å². The zero-order valence-corrected chi connectivity index (χ0v) is 13.9. The predicted octanol–water partition coefficient (Wildman–Crippen LogP) is 3.16. The number of piperazine rings is 1. The van der Waals surface area contributed by atoms with E-state index in [2.05, 4.69) is 41.2 Å². The largest absolute Gasteiger partial charge is 0.456 e. The highest BCUT2D eigenvalue weighted by molar-refractivity contribution is 5.78. The molecule has 0 saturated carbocycles. The van der Waals surface area contributed by atoms with Crippen LogP contribution in [-0.2, 0) is 0 Å². The average molecular weight is 319 g/mol. The van der Waals surface area contributed by atoms with Crippen LogP contribution in [-0.4, -0.2) is 43.1 Å². The van der Waals surface area contributed by atoms with Gasteiger partial charge in [0.1, 0.15) is 11.3 Å². The van der Waals surface area contributed by atoms with Crippen molar-refractivity contribution in [1.82, 2.24) is 9.91 Å². The highest BCUT2D eigenvalue weighted by Gasteiger charge is 2.12. The van der Waals surface area contributed by atoms with Crippen molar-refractivity contribution in [3.8, 4) is 11.3 Å². The molecule has 4 heteroatoms. The predicted molar refractivity (Wildman–Crippen MR) is 96.3 cm³/mol. The lowest BCUT2D eigenvalue weighted by atomic mass is 10.1. The molecule has 0 bridgehead atoms. The molecule has 4 rings (SSSR count). The number of rotatable bonds is 2. The molecule has 1 aromatic heterocycles. The quantitative estimate of drug-likeness (QED) is 0.727. The lowest BCUT2D eigenvalue weighted by Crippen LogP contribution is -2.42. The third-order valence-electron chi connectivity index (χ3n) is 4.44. The van der Waals surface area contributed by atoms with Crippen LogP contribution in [0.25, 0.3) is 22.3 Å². The van der Waals surface area contributed by atoms with Crippen LogP contribution in [0.3, 0.4) is 0 Å². The van der Waals surface area contributed by atoms with E-state index in [4.69, 9.17) is 9.52 Å². The summed E-state index contributed by atoms with van der Waals surface area (Å²) in [7, 11) is 2.15. The van der Waals surface area contributed by atoms with Crippen LogP contribution >= 0.6 is 0 Å². The molecule has 0 radical (unpaired) electrons. The molecule has 0 aliphatic carbocycles. The summed E-state index contributed by atoms with van der Waals surface area (Å²) in [5.41, 5.74) is 1.94. The van der Waals surface area contributed by atoms with Crippen molar-refractivity contribution >= 4 is 11.0 Å². The van der Waals surface area contributed by atoms with Gasteiger partial charge in [0.2, 0.25) is 0 Å². The SMILES string of the molecule is CN1CCN(/N=c2/cc(-c3ccccc3)oc3ccccc23)CC1. The summed E-state index contributed by atoms with van der Waals surface area (Å²) >= 11 is 0. The number of likely N-dealkylation sites (N-methyl/N-ethyl adjacent to an activating group) is 1. The van der Waals surface area contributed by atoms with Crippen molar-refractivity contribution in [1.29, 1.82) is 0 Å². The highest BCUT2D eigenvalue weighted by atomic mass is 16.3. The molecule has 122 valence electrons. The lowest BCUT2D eigenvalue weighted by molar-refractivity contribution is 0.154. The Morgan fingerprint density at radius 2 is 1.58 bits per heavy atom. The number of benzene rings is 2. The van der Waals surface area contributed by atoms with Gasteiger partial charge in [0.05, 0.1) is 5.36 Å². The molecule has 4 nitrogen and oxygen atoms in total. The van der Waals surface area contributed by atoms with Crippen molar-refractivity contribution < 1.29 is 4.42 Å². The molecular weight excluding hydrogens is 298 g/mol. The van der Waals surface area contributed by atoms with Crippen molar-refractivity contribution in [3.05, 3.63) is 66.0 Å². The van der Waals surface area contributed by atoms with Gasteiger partial charge >= 0.3 is 0 Å². The lowest BCUT2D eigenvalue weighted by Gasteiger charge is -2.30. The maximum atomic E-state index is 6.11. The Bertz CT molecular complexity index is 893. The van der Waals surface area contributed by atoms with E-state index in [-0.39, 0.29) is 0 Å². The maximum absolute atomic E-state index is 6.11. The van der Waals surface area contributed by atoms with Gasteiger partial charge in [-0.1, -0.05) is 42.5 Å². The first-order valence-corrected chi connectivity index (χ1v) is 8.36. The Kier molecular flexibility index (Phi) is 4.05. The van der Waals surface area contributed by atoms with Gasteiger partial charge in [0.25, 0.3) is 0 Å². The first-order valence-electron chi connectivity index (χ1n) is 8.36. The van der Waals surface area contributed by atoms with E-state index in [1.165, 1.54) is 0 Å². The van der Waals surface area contributed by atoms with E-state index in [0.29, 0.717) is 0 Å². The minimum atomic E-state index is 0.849. The van der Waals surface area contributed by atoms with E-state index < -0.39 is 0 Å². The van der Waals surface area contributed by atoms with E-state index >= 15 is 0 Å². The van der Waals surface area contributed by atoms with Crippen LogP contribution in [0.2, 0.25) is 0 Å². The van der Waals surface area contributed by atoms with Crippen molar-refractivity contribution in [2.45, 2.75) is 0 Å². The Balaban J connectivity index is 1.84. The van der Waals surface area contributed by atoms with Crippen LogP contribution in [0.5, 0.6) is 0 Å². The summed E-state index contributed by atoms with van der Waals surface area (Å²) < 4.78 is 6.11. The fourth-order valence-corrected chi connectivity index (χ4v) is 2.99. The average Bonchev–Trinajstić information content (AvgIpc) is 2.64. The Morgan fingerprint density at radius 1 is 0.875 bits per heavy atom. The Morgan fingerprint density at radius 3 is 2.38 bits per heavy atom. The van der Waals surface area contributed by atoms with E-state index in [9.17, 15) is 0 Å². The van der Waals surface area contributed by atoms with Crippen LogP contribution < -0.4 is 5.36 Å². The number of fused-ring (bicyclic) bond motifs is 1. The Hall–Kier alpha value is -2.59. The molecule has 0 N–H and O–H groups in total. The third-order valence-corrected chi connectivity index (χ3v) is 4.44. The number of hydrogen-bond acceptors (Lipinski definition) is 4. The van der Waals surface area contributed by atoms with Crippen LogP contribution in [0.4, 0.5) is 0 Å². The molecule has 1 fully saturated rings. The molecule has 0 unspecified atom stereocenters. The van der Waals surface area contributed by atoms with E-state index in [0.717, 1.165) is 53.8 Å². The molecule has 0 amide bonds. The zero-order valence-electron chi connectivity index (χ0n) is 13.9. The van der Waals surface area contributed by atoms with E-state index in [1.807, 2.05) is 36.4 Å². The van der Waals surface area contributed by atoms with Gasteiger partial charge < -0.3 is 9.32 Å².